The smallest absolute Gasteiger partial charge is 0.425 e. The molecule has 0 aliphatic heterocycles. The van der Waals surface area contributed by atoms with Crippen LogP contribution in [-0.2, 0) is 0 Å². The van der Waals surface area contributed by atoms with Crippen LogP contribution in [0.25, 0.3) is 10.8 Å². The van der Waals surface area contributed by atoms with Crippen molar-refractivity contribution in [2.75, 3.05) is 5.73 Å². The van der Waals surface area contributed by atoms with Crippen LogP contribution < -0.4 is 10.5 Å². The fraction of sp³-hybridized carbons (Fsp3) is 0.250. The van der Waals surface area contributed by atoms with E-state index in [1.807, 2.05) is 0 Å². The Morgan fingerprint density at radius 1 is 1.28 bits per heavy atom. The summed E-state index contributed by atoms with van der Waals surface area (Å²) < 4.78 is 42.1. The monoisotopic (exact) mass is 256 g/mol. The maximum absolute atomic E-state index is 12.4. The standard InChI is InChI=1S/C12H11F3N2O/c1-7(12(13,14)15)18-10-3-2-8-6-17-5-4-9(8)11(10)16/h2-7H,16H2,1H3. The molecule has 2 rings (SSSR count). The van der Waals surface area contributed by atoms with Crippen molar-refractivity contribution in [1.82, 2.24) is 4.98 Å². The van der Waals surface area contributed by atoms with Gasteiger partial charge < -0.3 is 10.5 Å². The predicted octanol–water partition coefficient (Wildman–Crippen LogP) is 3.15. The molecule has 0 aliphatic carbocycles. The Morgan fingerprint density at radius 3 is 2.67 bits per heavy atom. The average Bonchev–Trinajstić information content (AvgIpc) is 2.32. The fourth-order valence-electron chi connectivity index (χ4n) is 1.53. The minimum Gasteiger partial charge on any atom is -0.479 e. The minimum atomic E-state index is -4.42. The molecule has 0 saturated heterocycles. The first-order chi connectivity index (χ1) is 8.39. The quantitative estimate of drug-likeness (QED) is 0.840. The fourth-order valence-corrected chi connectivity index (χ4v) is 1.53. The second-order valence-corrected chi connectivity index (χ2v) is 3.88. The van der Waals surface area contributed by atoms with E-state index >= 15 is 0 Å². The van der Waals surface area contributed by atoms with Crippen LogP contribution in [0.1, 0.15) is 6.92 Å². The molecule has 96 valence electrons. The van der Waals surface area contributed by atoms with Gasteiger partial charge in [0.25, 0.3) is 0 Å². The summed E-state index contributed by atoms with van der Waals surface area (Å²) in [4.78, 5) is 3.91. The van der Waals surface area contributed by atoms with Gasteiger partial charge in [0, 0.05) is 23.2 Å². The van der Waals surface area contributed by atoms with E-state index in [2.05, 4.69) is 4.98 Å². The van der Waals surface area contributed by atoms with E-state index < -0.39 is 12.3 Å². The van der Waals surface area contributed by atoms with Crippen molar-refractivity contribution in [2.24, 2.45) is 0 Å². The second-order valence-electron chi connectivity index (χ2n) is 3.88. The lowest BCUT2D eigenvalue weighted by molar-refractivity contribution is -0.189. The molecule has 1 aromatic carbocycles. The lowest BCUT2D eigenvalue weighted by atomic mass is 10.1. The van der Waals surface area contributed by atoms with Gasteiger partial charge in [0.15, 0.2) is 6.10 Å². The third-order valence-corrected chi connectivity index (χ3v) is 2.59. The van der Waals surface area contributed by atoms with Gasteiger partial charge in [-0.15, -0.1) is 0 Å². The van der Waals surface area contributed by atoms with Crippen LogP contribution in [0, 0.1) is 0 Å². The van der Waals surface area contributed by atoms with Gasteiger partial charge in [0.1, 0.15) is 5.75 Å². The first-order valence-electron chi connectivity index (χ1n) is 5.25. The van der Waals surface area contributed by atoms with Crippen LogP contribution >= 0.6 is 0 Å². The molecule has 0 amide bonds. The number of ether oxygens (including phenoxy) is 1. The number of alkyl halides is 3. The zero-order valence-electron chi connectivity index (χ0n) is 9.53. The summed E-state index contributed by atoms with van der Waals surface area (Å²) in [7, 11) is 0. The molecule has 0 aliphatic rings. The maximum atomic E-state index is 12.4. The number of hydrogen-bond acceptors (Lipinski definition) is 3. The Morgan fingerprint density at radius 2 is 2.00 bits per heavy atom. The number of nitrogens with zero attached hydrogens (tertiary/aromatic N) is 1. The number of hydrogen-bond donors (Lipinski definition) is 1. The Balaban J connectivity index is 2.38. The van der Waals surface area contributed by atoms with Crippen LogP contribution in [0.2, 0.25) is 0 Å². The molecule has 1 unspecified atom stereocenters. The van der Waals surface area contributed by atoms with Gasteiger partial charge in [0.05, 0.1) is 5.69 Å². The summed E-state index contributed by atoms with van der Waals surface area (Å²) in [6.07, 6.45) is -3.21. The van der Waals surface area contributed by atoms with E-state index in [9.17, 15) is 13.2 Å². The van der Waals surface area contributed by atoms with E-state index in [0.29, 0.717) is 5.39 Å². The lowest BCUT2D eigenvalue weighted by Crippen LogP contribution is -2.31. The molecule has 0 spiro atoms. The molecule has 0 saturated carbocycles. The summed E-state index contributed by atoms with van der Waals surface area (Å²) >= 11 is 0. The molecule has 1 atom stereocenters. The number of benzene rings is 1. The molecular weight excluding hydrogens is 245 g/mol. The molecule has 6 heteroatoms. The van der Waals surface area contributed by atoms with Gasteiger partial charge in [-0.25, -0.2) is 0 Å². The van der Waals surface area contributed by atoms with E-state index in [4.69, 9.17) is 10.5 Å². The first kappa shape index (κ1) is 12.5. The Kier molecular flexibility index (Phi) is 3.02. The highest BCUT2D eigenvalue weighted by atomic mass is 19.4. The highest BCUT2D eigenvalue weighted by Crippen LogP contribution is 2.33. The van der Waals surface area contributed by atoms with E-state index in [0.717, 1.165) is 12.3 Å². The van der Waals surface area contributed by atoms with Crippen LogP contribution in [0.5, 0.6) is 5.75 Å². The molecule has 0 radical (unpaired) electrons. The molecule has 0 fully saturated rings. The van der Waals surface area contributed by atoms with Crippen molar-refractivity contribution in [3.63, 3.8) is 0 Å². The largest absolute Gasteiger partial charge is 0.479 e. The lowest BCUT2D eigenvalue weighted by Gasteiger charge is -2.19. The van der Waals surface area contributed by atoms with Crippen molar-refractivity contribution in [2.45, 2.75) is 19.2 Å². The van der Waals surface area contributed by atoms with Crippen LogP contribution in [-0.4, -0.2) is 17.3 Å². The van der Waals surface area contributed by atoms with E-state index in [-0.39, 0.29) is 11.4 Å². The van der Waals surface area contributed by atoms with Crippen molar-refractivity contribution < 1.29 is 17.9 Å². The predicted molar refractivity (Wildman–Crippen MR) is 62.3 cm³/mol. The topological polar surface area (TPSA) is 48.1 Å². The molecule has 1 heterocycles. The van der Waals surface area contributed by atoms with Crippen molar-refractivity contribution in [3.8, 4) is 5.75 Å². The van der Waals surface area contributed by atoms with Crippen molar-refractivity contribution in [1.29, 1.82) is 0 Å². The summed E-state index contributed by atoms with van der Waals surface area (Å²) in [5.74, 6) is 0.0264. The average molecular weight is 256 g/mol. The number of anilines is 1. The van der Waals surface area contributed by atoms with Gasteiger partial charge in [-0.05, 0) is 25.1 Å². The highest BCUT2D eigenvalue weighted by molar-refractivity contribution is 5.95. The number of pyridine rings is 1. The minimum absolute atomic E-state index is 0.0264. The SMILES string of the molecule is CC(Oc1ccc2cnccc2c1N)C(F)(F)F. The molecule has 0 bridgehead atoms. The van der Waals surface area contributed by atoms with Crippen molar-refractivity contribution >= 4 is 16.5 Å². The number of nitrogen functional groups attached to an aromatic ring is 1. The van der Waals surface area contributed by atoms with E-state index in [1.165, 1.54) is 12.3 Å². The molecular formula is C12H11F3N2O. The zero-order valence-corrected chi connectivity index (χ0v) is 9.53. The second kappa shape index (κ2) is 4.36. The molecule has 3 nitrogen and oxygen atoms in total. The first-order valence-corrected chi connectivity index (χ1v) is 5.25. The Hall–Kier alpha value is -1.98. The van der Waals surface area contributed by atoms with Crippen molar-refractivity contribution in [3.05, 3.63) is 30.6 Å². The van der Waals surface area contributed by atoms with Crippen LogP contribution in [0.3, 0.4) is 0 Å². The normalized spacial score (nSPS) is 13.6. The van der Waals surface area contributed by atoms with Crippen LogP contribution in [0.4, 0.5) is 18.9 Å². The number of aromatic nitrogens is 1. The molecule has 18 heavy (non-hydrogen) atoms. The number of nitrogens with two attached hydrogens (primary N) is 1. The molecule has 2 aromatic rings. The van der Waals surface area contributed by atoms with Gasteiger partial charge in [-0.2, -0.15) is 13.2 Å². The maximum Gasteiger partial charge on any atom is 0.425 e. The van der Waals surface area contributed by atoms with Gasteiger partial charge in [0.2, 0.25) is 0 Å². The molecule has 1 aromatic heterocycles. The Bertz CT molecular complexity index is 569. The summed E-state index contributed by atoms with van der Waals surface area (Å²) in [6.45, 7) is 0.941. The van der Waals surface area contributed by atoms with Gasteiger partial charge in [-0.3, -0.25) is 4.98 Å². The highest BCUT2D eigenvalue weighted by Gasteiger charge is 2.38. The summed E-state index contributed by atoms with van der Waals surface area (Å²) in [6, 6.07) is 4.68. The number of rotatable bonds is 2. The van der Waals surface area contributed by atoms with Gasteiger partial charge in [-0.1, -0.05) is 0 Å². The third-order valence-electron chi connectivity index (χ3n) is 2.59. The van der Waals surface area contributed by atoms with E-state index in [1.54, 1.807) is 18.3 Å². The number of fused-ring (bicyclic) bond motifs is 1. The van der Waals surface area contributed by atoms with Gasteiger partial charge >= 0.3 is 6.18 Å². The Labute approximate surface area is 101 Å². The zero-order chi connectivity index (χ0) is 13.3. The summed E-state index contributed by atoms with van der Waals surface area (Å²) in [5.41, 5.74) is 5.98. The van der Waals surface area contributed by atoms with Crippen LogP contribution in [0.15, 0.2) is 30.6 Å². The third kappa shape index (κ3) is 2.32. The number of halogens is 3. The molecule has 2 N–H and O–H groups in total. The summed E-state index contributed by atoms with van der Waals surface area (Å²) in [5, 5.41) is 1.37.